The summed E-state index contributed by atoms with van der Waals surface area (Å²) in [4.78, 5) is 2.42. The highest BCUT2D eigenvalue weighted by atomic mass is 15.4. The van der Waals surface area contributed by atoms with Gasteiger partial charge >= 0.3 is 0 Å². The number of likely N-dealkylation sites (tertiary alicyclic amines) is 1. The molecule has 1 unspecified atom stereocenters. The van der Waals surface area contributed by atoms with E-state index in [1.807, 2.05) is 13.2 Å². The lowest BCUT2D eigenvalue weighted by Gasteiger charge is -2.34. The van der Waals surface area contributed by atoms with Gasteiger partial charge in [0.25, 0.3) is 0 Å². The van der Waals surface area contributed by atoms with Gasteiger partial charge in [-0.2, -0.15) is 0 Å². The Morgan fingerprint density at radius 3 is 3.07 bits per heavy atom. The van der Waals surface area contributed by atoms with Crippen LogP contribution in [0.5, 0.6) is 0 Å². The molecule has 0 saturated carbocycles. The van der Waals surface area contributed by atoms with E-state index in [1.165, 1.54) is 19.3 Å². The van der Waals surface area contributed by atoms with E-state index in [0.717, 1.165) is 25.3 Å². The van der Waals surface area contributed by atoms with Gasteiger partial charge < -0.3 is 5.73 Å². The van der Waals surface area contributed by atoms with Crippen LogP contribution in [0.4, 0.5) is 0 Å². The van der Waals surface area contributed by atoms with Gasteiger partial charge in [0.2, 0.25) is 0 Å². The molecule has 1 aromatic rings. The molecule has 0 spiro atoms. The largest absolute Gasteiger partial charge is 0.329 e. The third kappa shape index (κ3) is 2.54. The monoisotopic (exact) mass is 209 g/mol. The van der Waals surface area contributed by atoms with Gasteiger partial charge in [-0.05, 0) is 19.4 Å². The maximum Gasteiger partial charge on any atom is 0.0967 e. The van der Waals surface area contributed by atoms with Crippen LogP contribution in [-0.4, -0.2) is 39.0 Å². The summed E-state index contributed by atoms with van der Waals surface area (Å²) in [6.45, 7) is 2.77. The molecule has 1 atom stereocenters. The standard InChI is InChI=1S/C10H19N5/c1-14-7-9(12-13-14)8-15-5-3-2-4-10(15)6-11/h7,10H,2-6,8,11H2,1H3. The molecule has 0 aliphatic carbocycles. The molecule has 0 aromatic carbocycles. The van der Waals surface area contributed by atoms with Crippen LogP contribution < -0.4 is 5.73 Å². The predicted octanol–water partition coefficient (Wildman–Crippen LogP) is 0.128. The van der Waals surface area contributed by atoms with Crippen molar-refractivity contribution in [1.82, 2.24) is 19.9 Å². The number of hydrogen-bond acceptors (Lipinski definition) is 4. The third-order valence-electron chi connectivity index (χ3n) is 3.04. The molecule has 84 valence electrons. The van der Waals surface area contributed by atoms with Crippen molar-refractivity contribution in [3.05, 3.63) is 11.9 Å². The zero-order valence-corrected chi connectivity index (χ0v) is 9.26. The number of hydrogen-bond donors (Lipinski definition) is 1. The van der Waals surface area contributed by atoms with Crippen molar-refractivity contribution in [3.63, 3.8) is 0 Å². The second-order valence-electron chi connectivity index (χ2n) is 4.24. The number of nitrogens with two attached hydrogens (primary N) is 1. The number of aryl methyl sites for hydroxylation is 1. The number of rotatable bonds is 3. The van der Waals surface area contributed by atoms with Crippen LogP contribution in [0.2, 0.25) is 0 Å². The van der Waals surface area contributed by atoms with Crippen LogP contribution in [0.1, 0.15) is 25.0 Å². The Morgan fingerprint density at radius 2 is 2.40 bits per heavy atom. The second kappa shape index (κ2) is 4.72. The van der Waals surface area contributed by atoms with Gasteiger partial charge in [-0.1, -0.05) is 11.6 Å². The molecule has 1 aromatic heterocycles. The molecule has 1 fully saturated rings. The third-order valence-corrected chi connectivity index (χ3v) is 3.04. The lowest BCUT2D eigenvalue weighted by Crippen LogP contribution is -2.43. The first kappa shape index (κ1) is 10.6. The zero-order valence-electron chi connectivity index (χ0n) is 9.26. The molecule has 15 heavy (non-hydrogen) atoms. The van der Waals surface area contributed by atoms with Gasteiger partial charge in [-0.15, -0.1) is 5.10 Å². The van der Waals surface area contributed by atoms with E-state index < -0.39 is 0 Å². The Hall–Kier alpha value is -0.940. The summed E-state index contributed by atoms with van der Waals surface area (Å²) in [5.74, 6) is 0. The van der Waals surface area contributed by atoms with E-state index in [9.17, 15) is 0 Å². The van der Waals surface area contributed by atoms with E-state index in [4.69, 9.17) is 5.73 Å². The van der Waals surface area contributed by atoms with Crippen molar-refractivity contribution < 1.29 is 0 Å². The minimum atomic E-state index is 0.528. The average molecular weight is 209 g/mol. The molecule has 1 saturated heterocycles. The Morgan fingerprint density at radius 1 is 1.53 bits per heavy atom. The van der Waals surface area contributed by atoms with E-state index in [1.54, 1.807) is 4.68 Å². The molecule has 2 rings (SSSR count). The molecule has 0 amide bonds. The van der Waals surface area contributed by atoms with Crippen LogP contribution in [-0.2, 0) is 13.6 Å². The van der Waals surface area contributed by atoms with Gasteiger partial charge in [-0.25, -0.2) is 0 Å². The summed E-state index contributed by atoms with van der Waals surface area (Å²) in [5, 5.41) is 8.05. The molecular weight excluding hydrogens is 190 g/mol. The summed E-state index contributed by atoms with van der Waals surface area (Å²) < 4.78 is 1.75. The molecule has 0 bridgehead atoms. The van der Waals surface area contributed by atoms with Crippen LogP contribution in [0.3, 0.4) is 0 Å². The summed E-state index contributed by atoms with van der Waals surface area (Å²) in [6, 6.07) is 0.528. The molecule has 5 heteroatoms. The van der Waals surface area contributed by atoms with Crippen molar-refractivity contribution in [3.8, 4) is 0 Å². The Balaban J connectivity index is 1.97. The summed E-state index contributed by atoms with van der Waals surface area (Å²) in [6.07, 6.45) is 5.77. The zero-order chi connectivity index (χ0) is 10.7. The molecule has 1 aliphatic rings. The SMILES string of the molecule is Cn1cc(CN2CCCCC2CN)nn1. The lowest BCUT2D eigenvalue weighted by atomic mass is 10.0. The van der Waals surface area contributed by atoms with Crippen molar-refractivity contribution >= 4 is 0 Å². The topological polar surface area (TPSA) is 60.0 Å². The number of piperidine rings is 1. The maximum atomic E-state index is 5.77. The maximum absolute atomic E-state index is 5.77. The highest BCUT2D eigenvalue weighted by Crippen LogP contribution is 2.17. The van der Waals surface area contributed by atoms with E-state index in [-0.39, 0.29) is 0 Å². The van der Waals surface area contributed by atoms with Gasteiger partial charge in [0, 0.05) is 32.4 Å². The molecule has 2 N–H and O–H groups in total. The van der Waals surface area contributed by atoms with Gasteiger partial charge in [0.05, 0.1) is 5.69 Å². The molecule has 1 aliphatic heterocycles. The Labute approximate surface area is 90.2 Å². The summed E-state index contributed by atoms with van der Waals surface area (Å²) in [5.41, 5.74) is 6.81. The second-order valence-corrected chi connectivity index (χ2v) is 4.24. The number of aromatic nitrogens is 3. The highest BCUT2D eigenvalue weighted by molar-refractivity contribution is 4.93. The fourth-order valence-corrected chi connectivity index (χ4v) is 2.21. The van der Waals surface area contributed by atoms with Gasteiger partial charge in [-0.3, -0.25) is 9.58 Å². The fraction of sp³-hybridized carbons (Fsp3) is 0.800. The van der Waals surface area contributed by atoms with E-state index >= 15 is 0 Å². The van der Waals surface area contributed by atoms with Crippen LogP contribution in [0.15, 0.2) is 6.20 Å². The smallest absolute Gasteiger partial charge is 0.0967 e. The minimum absolute atomic E-state index is 0.528. The molecule has 0 radical (unpaired) electrons. The summed E-state index contributed by atoms with van der Waals surface area (Å²) in [7, 11) is 1.90. The van der Waals surface area contributed by atoms with Crippen molar-refractivity contribution in [2.24, 2.45) is 12.8 Å². The Kier molecular flexibility index (Phi) is 3.33. The lowest BCUT2D eigenvalue weighted by molar-refractivity contribution is 0.143. The van der Waals surface area contributed by atoms with Crippen molar-refractivity contribution in [1.29, 1.82) is 0 Å². The first-order chi connectivity index (χ1) is 7.29. The quantitative estimate of drug-likeness (QED) is 0.768. The first-order valence-corrected chi connectivity index (χ1v) is 5.59. The van der Waals surface area contributed by atoms with Crippen LogP contribution in [0, 0.1) is 0 Å². The average Bonchev–Trinajstić information content (AvgIpc) is 2.65. The van der Waals surface area contributed by atoms with Crippen molar-refractivity contribution in [2.45, 2.75) is 31.8 Å². The Bertz CT molecular complexity index is 309. The highest BCUT2D eigenvalue weighted by Gasteiger charge is 2.21. The predicted molar refractivity (Wildman–Crippen MR) is 58.1 cm³/mol. The van der Waals surface area contributed by atoms with Crippen LogP contribution in [0.25, 0.3) is 0 Å². The summed E-state index contributed by atoms with van der Waals surface area (Å²) >= 11 is 0. The fourth-order valence-electron chi connectivity index (χ4n) is 2.21. The molecule has 2 heterocycles. The normalized spacial score (nSPS) is 23.2. The van der Waals surface area contributed by atoms with Gasteiger partial charge in [0.1, 0.15) is 0 Å². The molecule has 5 nitrogen and oxygen atoms in total. The minimum Gasteiger partial charge on any atom is -0.329 e. The van der Waals surface area contributed by atoms with Crippen molar-refractivity contribution in [2.75, 3.05) is 13.1 Å². The molecular formula is C10H19N5. The van der Waals surface area contributed by atoms with Crippen LogP contribution >= 0.6 is 0 Å². The van der Waals surface area contributed by atoms with E-state index in [2.05, 4.69) is 15.2 Å². The van der Waals surface area contributed by atoms with Gasteiger partial charge in [0.15, 0.2) is 0 Å². The van der Waals surface area contributed by atoms with E-state index in [0.29, 0.717) is 6.04 Å². The number of nitrogens with zero attached hydrogens (tertiary/aromatic N) is 4. The first-order valence-electron chi connectivity index (χ1n) is 5.59.